The normalized spacial score (nSPS) is 12.0. The Morgan fingerprint density at radius 1 is 1.15 bits per heavy atom. The lowest BCUT2D eigenvalue weighted by atomic mass is 9.76. The number of aliphatic hydroxyl groups excluding tert-OH is 2. The minimum atomic E-state index is -4.82. The van der Waals surface area contributed by atoms with Gasteiger partial charge in [0.15, 0.2) is 0 Å². The van der Waals surface area contributed by atoms with Crippen LogP contribution in [0.2, 0.25) is 0 Å². The number of halogens is 3. The molecule has 0 fully saturated rings. The van der Waals surface area contributed by atoms with Crippen LogP contribution in [0.25, 0.3) is 0 Å². The second kappa shape index (κ2) is 6.59. The van der Waals surface area contributed by atoms with Crippen LogP contribution >= 0.6 is 0 Å². The molecule has 0 saturated heterocycles. The minimum absolute atomic E-state index is 0.0134. The summed E-state index contributed by atoms with van der Waals surface area (Å²) in [5, 5.41) is 27.3. The van der Waals surface area contributed by atoms with Gasteiger partial charge >= 0.3 is 6.36 Å². The van der Waals surface area contributed by atoms with E-state index in [1.54, 1.807) is 0 Å². The molecule has 1 aromatic rings. The Hall–Kier alpha value is -1.78. The molecule has 0 amide bonds. The summed E-state index contributed by atoms with van der Waals surface area (Å²) < 4.78 is 40.3. The zero-order chi connectivity index (χ0) is 15.2. The first-order valence-corrected chi connectivity index (χ1v) is 5.86. The van der Waals surface area contributed by atoms with Crippen molar-refractivity contribution in [3.05, 3.63) is 29.8 Å². The Labute approximate surface area is 114 Å². The largest absolute Gasteiger partial charge is 0.573 e. The van der Waals surface area contributed by atoms with E-state index in [1.165, 1.54) is 12.1 Å². The van der Waals surface area contributed by atoms with Gasteiger partial charge in [-0.05, 0) is 30.5 Å². The summed E-state index contributed by atoms with van der Waals surface area (Å²) in [6.07, 6.45) is -4.79. The van der Waals surface area contributed by atoms with E-state index in [0.29, 0.717) is 0 Å². The van der Waals surface area contributed by atoms with Crippen molar-refractivity contribution in [2.24, 2.45) is 0 Å². The fraction of sp³-hybridized carbons (Fsp3) is 0.462. The summed E-state index contributed by atoms with van der Waals surface area (Å²) in [5.74, 6) is -0.439. The van der Waals surface area contributed by atoms with E-state index in [4.69, 9.17) is 10.2 Å². The van der Waals surface area contributed by atoms with Crippen LogP contribution in [0.1, 0.15) is 18.4 Å². The molecule has 110 valence electrons. The predicted molar refractivity (Wildman–Crippen MR) is 63.8 cm³/mol. The van der Waals surface area contributed by atoms with Crippen LogP contribution in [0.3, 0.4) is 0 Å². The van der Waals surface area contributed by atoms with Gasteiger partial charge in [-0.1, -0.05) is 12.1 Å². The monoisotopic (exact) mass is 289 g/mol. The SMILES string of the molecule is N#CC(CCO)(CCO)c1cccc(OC(F)(F)F)c1. The average molecular weight is 289 g/mol. The van der Waals surface area contributed by atoms with Crippen LogP contribution in [0.4, 0.5) is 13.2 Å². The lowest BCUT2D eigenvalue weighted by molar-refractivity contribution is -0.274. The Morgan fingerprint density at radius 3 is 2.20 bits per heavy atom. The summed E-state index contributed by atoms with van der Waals surface area (Å²) >= 11 is 0. The highest BCUT2D eigenvalue weighted by atomic mass is 19.4. The number of alkyl halides is 3. The van der Waals surface area contributed by atoms with Gasteiger partial charge in [-0.3, -0.25) is 0 Å². The molecule has 0 radical (unpaired) electrons. The molecular weight excluding hydrogens is 275 g/mol. The highest BCUT2D eigenvalue weighted by molar-refractivity contribution is 5.38. The lowest BCUT2D eigenvalue weighted by Gasteiger charge is -2.26. The topological polar surface area (TPSA) is 73.5 Å². The fourth-order valence-corrected chi connectivity index (χ4v) is 1.96. The predicted octanol–water partition coefficient (Wildman–Crippen LogP) is 2.11. The first-order chi connectivity index (χ1) is 9.37. The van der Waals surface area contributed by atoms with Crippen molar-refractivity contribution in [3.8, 4) is 11.8 Å². The van der Waals surface area contributed by atoms with Crippen LogP contribution in [0.5, 0.6) is 5.75 Å². The minimum Gasteiger partial charge on any atom is -0.406 e. The third kappa shape index (κ3) is 4.11. The number of nitriles is 1. The van der Waals surface area contributed by atoms with Gasteiger partial charge in [-0.25, -0.2) is 0 Å². The van der Waals surface area contributed by atoms with Crippen LogP contribution in [-0.2, 0) is 5.41 Å². The first-order valence-electron chi connectivity index (χ1n) is 5.86. The Balaban J connectivity index is 3.15. The Bertz CT molecular complexity index is 476. The molecule has 0 unspecified atom stereocenters. The van der Waals surface area contributed by atoms with Crippen LogP contribution in [-0.4, -0.2) is 29.8 Å². The molecule has 0 aliphatic rings. The molecule has 0 saturated carbocycles. The quantitative estimate of drug-likeness (QED) is 0.841. The summed E-state index contributed by atoms with van der Waals surface area (Å²) in [6.45, 7) is -0.643. The van der Waals surface area contributed by atoms with Gasteiger partial charge < -0.3 is 14.9 Å². The molecule has 0 heterocycles. The number of rotatable bonds is 6. The molecule has 0 atom stereocenters. The lowest BCUT2D eigenvalue weighted by Crippen LogP contribution is -2.27. The molecule has 0 aliphatic heterocycles. The molecule has 0 aromatic heterocycles. The molecule has 0 aliphatic carbocycles. The van der Waals surface area contributed by atoms with Crippen molar-refractivity contribution in [1.82, 2.24) is 0 Å². The number of aliphatic hydroxyl groups is 2. The van der Waals surface area contributed by atoms with E-state index in [9.17, 15) is 18.4 Å². The molecule has 1 rings (SSSR count). The Morgan fingerprint density at radius 2 is 1.75 bits per heavy atom. The van der Waals surface area contributed by atoms with E-state index in [-0.39, 0.29) is 31.6 Å². The molecule has 1 aromatic carbocycles. The molecule has 20 heavy (non-hydrogen) atoms. The highest BCUT2D eigenvalue weighted by Gasteiger charge is 2.34. The van der Waals surface area contributed by atoms with Crippen molar-refractivity contribution < 1.29 is 28.1 Å². The fourth-order valence-electron chi connectivity index (χ4n) is 1.96. The van der Waals surface area contributed by atoms with Crippen molar-refractivity contribution in [2.75, 3.05) is 13.2 Å². The Kier molecular flexibility index (Phi) is 5.36. The van der Waals surface area contributed by atoms with Crippen LogP contribution < -0.4 is 4.74 Å². The zero-order valence-electron chi connectivity index (χ0n) is 10.5. The van der Waals surface area contributed by atoms with E-state index >= 15 is 0 Å². The maximum atomic E-state index is 12.2. The van der Waals surface area contributed by atoms with Gasteiger partial charge in [0.05, 0.1) is 11.5 Å². The molecule has 2 N–H and O–H groups in total. The van der Waals surface area contributed by atoms with E-state index in [2.05, 4.69) is 4.74 Å². The molecule has 0 spiro atoms. The van der Waals surface area contributed by atoms with Crippen molar-refractivity contribution in [3.63, 3.8) is 0 Å². The summed E-state index contributed by atoms with van der Waals surface area (Å²) in [4.78, 5) is 0. The third-order valence-electron chi connectivity index (χ3n) is 2.91. The number of hydrogen-bond donors (Lipinski definition) is 2. The maximum absolute atomic E-state index is 12.2. The number of benzene rings is 1. The number of hydrogen-bond acceptors (Lipinski definition) is 4. The summed E-state index contributed by atoms with van der Waals surface area (Å²) in [5.41, 5.74) is -0.973. The van der Waals surface area contributed by atoms with Gasteiger partial charge in [0.2, 0.25) is 0 Å². The second-order valence-electron chi connectivity index (χ2n) is 4.22. The second-order valence-corrected chi connectivity index (χ2v) is 4.22. The highest BCUT2D eigenvalue weighted by Crippen LogP contribution is 2.34. The van der Waals surface area contributed by atoms with Crippen molar-refractivity contribution in [1.29, 1.82) is 5.26 Å². The molecular formula is C13H14F3NO3. The van der Waals surface area contributed by atoms with Crippen LogP contribution in [0.15, 0.2) is 24.3 Å². The molecule has 0 bridgehead atoms. The first kappa shape index (κ1) is 16.3. The smallest absolute Gasteiger partial charge is 0.406 e. The summed E-state index contributed by atoms with van der Waals surface area (Å²) in [7, 11) is 0. The van der Waals surface area contributed by atoms with Gasteiger partial charge in [0, 0.05) is 13.2 Å². The van der Waals surface area contributed by atoms with Crippen molar-refractivity contribution >= 4 is 0 Å². The van der Waals surface area contributed by atoms with E-state index in [0.717, 1.165) is 12.1 Å². The van der Waals surface area contributed by atoms with Gasteiger partial charge in [0.1, 0.15) is 5.75 Å². The van der Waals surface area contributed by atoms with Gasteiger partial charge in [0.25, 0.3) is 0 Å². The zero-order valence-corrected chi connectivity index (χ0v) is 10.5. The van der Waals surface area contributed by atoms with Gasteiger partial charge in [-0.15, -0.1) is 13.2 Å². The third-order valence-corrected chi connectivity index (χ3v) is 2.91. The maximum Gasteiger partial charge on any atom is 0.573 e. The van der Waals surface area contributed by atoms with E-state index in [1.807, 2.05) is 6.07 Å². The molecule has 7 heteroatoms. The summed E-state index contributed by atoms with van der Waals surface area (Å²) in [6, 6.07) is 6.99. The van der Waals surface area contributed by atoms with Gasteiger partial charge in [-0.2, -0.15) is 5.26 Å². The standard InChI is InChI=1S/C13H14F3NO3/c14-13(15,16)20-11-3-1-2-10(8-11)12(9-17,4-6-18)5-7-19/h1-3,8,18-19H,4-7H2. The number of ether oxygens (including phenoxy) is 1. The van der Waals surface area contributed by atoms with E-state index < -0.39 is 17.5 Å². The molecule has 4 nitrogen and oxygen atoms in total. The van der Waals surface area contributed by atoms with Crippen LogP contribution in [0, 0.1) is 11.3 Å². The van der Waals surface area contributed by atoms with Crippen molar-refractivity contribution in [2.45, 2.75) is 24.6 Å². The number of nitrogens with zero attached hydrogens (tertiary/aromatic N) is 1. The average Bonchev–Trinajstić information content (AvgIpc) is 2.36.